The lowest BCUT2D eigenvalue weighted by atomic mass is 9.85. The second kappa shape index (κ2) is 9.32. The maximum atomic E-state index is 13.2. The van der Waals surface area contributed by atoms with E-state index in [1.807, 2.05) is 19.9 Å². The number of aliphatic hydroxyl groups excluding tert-OH is 1. The molecule has 4 N–H and O–H groups in total. The number of carbonyl (C=O) groups excluding carboxylic acids is 1. The summed E-state index contributed by atoms with van der Waals surface area (Å²) in [5.41, 5.74) is 6.40. The maximum absolute atomic E-state index is 13.2. The summed E-state index contributed by atoms with van der Waals surface area (Å²) in [7, 11) is 0. The number of nitrogens with one attached hydrogen (secondary N) is 1. The molecule has 34 heavy (non-hydrogen) atoms. The molecule has 0 unspecified atom stereocenters. The van der Waals surface area contributed by atoms with Crippen molar-refractivity contribution in [2.24, 2.45) is 11.7 Å². The van der Waals surface area contributed by atoms with Gasteiger partial charge in [-0.1, -0.05) is 0 Å². The highest BCUT2D eigenvalue weighted by molar-refractivity contribution is 5.95. The summed E-state index contributed by atoms with van der Waals surface area (Å²) in [4.78, 5) is 18.6. The van der Waals surface area contributed by atoms with E-state index in [2.05, 4.69) is 15.2 Å². The number of halogens is 3. The number of rotatable bonds is 6. The average Bonchev–Trinajstić information content (AvgIpc) is 3.21. The Hall–Kier alpha value is -3.01. The molecule has 184 valence electrons. The lowest BCUT2D eigenvalue weighted by Crippen LogP contribution is -2.44. The van der Waals surface area contributed by atoms with Crippen molar-refractivity contribution in [3.8, 4) is 0 Å². The third kappa shape index (κ3) is 4.77. The number of hydrogen-bond donors (Lipinski definition) is 3. The van der Waals surface area contributed by atoms with Crippen LogP contribution in [0.25, 0.3) is 16.9 Å². The minimum atomic E-state index is -4.47. The monoisotopic (exact) mass is 477 g/mol. The van der Waals surface area contributed by atoms with E-state index in [0.29, 0.717) is 22.3 Å². The van der Waals surface area contributed by atoms with Crippen LogP contribution in [0.3, 0.4) is 0 Å². The number of allylic oxidation sites excluding steroid dienone is 1. The van der Waals surface area contributed by atoms with Gasteiger partial charge in [-0.15, -0.1) is 0 Å². The Morgan fingerprint density at radius 2 is 2.00 bits per heavy atom. The summed E-state index contributed by atoms with van der Waals surface area (Å²) in [6.45, 7) is 4.34. The van der Waals surface area contributed by atoms with Crippen molar-refractivity contribution in [1.82, 2.24) is 19.8 Å². The van der Waals surface area contributed by atoms with Gasteiger partial charge in [0.25, 0.3) is 0 Å². The molecule has 0 spiro atoms. The Morgan fingerprint density at radius 3 is 2.59 bits per heavy atom. The standard InChI is InChI=1S/C24H30F3N5O2/c1-14(2)30-20-10-21(31-8-7-16-9-17(24(25,26)27)11-29-23(16)31)32(12-19(20)22(28)34)18-5-3-15(13-33)4-6-18/h7-11,14-15,18,30,33H,3-6,12-13H2,1-2H3,(H2,28,34). The van der Waals surface area contributed by atoms with E-state index in [-0.39, 0.29) is 31.2 Å². The van der Waals surface area contributed by atoms with Crippen LogP contribution in [0.4, 0.5) is 13.2 Å². The van der Waals surface area contributed by atoms with E-state index in [0.717, 1.165) is 43.8 Å². The molecule has 1 amide bonds. The molecular weight excluding hydrogens is 447 g/mol. The van der Waals surface area contributed by atoms with Gasteiger partial charge in [0.05, 0.1) is 17.7 Å². The highest BCUT2D eigenvalue weighted by atomic mass is 19.4. The van der Waals surface area contributed by atoms with Crippen LogP contribution < -0.4 is 11.1 Å². The van der Waals surface area contributed by atoms with Crippen LogP contribution in [0, 0.1) is 5.92 Å². The van der Waals surface area contributed by atoms with Gasteiger partial charge in [0.15, 0.2) is 0 Å². The van der Waals surface area contributed by atoms with Crippen molar-refractivity contribution < 1.29 is 23.1 Å². The molecule has 1 fully saturated rings. The molecule has 4 rings (SSSR count). The molecule has 2 aliphatic rings. The van der Waals surface area contributed by atoms with E-state index in [9.17, 15) is 23.1 Å². The number of primary amides is 1. The quantitative estimate of drug-likeness (QED) is 0.592. The molecule has 0 saturated heterocycles. The molecule has 10 heteroatoms. The van der Waals surface area contributed by atoms with E-state index in [1.54, 1.807) is 16.8 Å². The average molecular weight is 478 g/mol. The molecule has 0 atom stereocenters. The number of nitrogens with two attached hydrogens (primary N) is 1. The first kappa shape index (κ1) is 24.1. The third-order valence-electron chi connectivity index (χ3n) is 6.58. The Bertz CT molecular complexity index is 1130. The van der Waals surface area contributed by atoms with Crippen LogP contribution in [0.15, 0.2) is 41.9 Å². The first-order valence-electron chi connectivity index (χ1n) is 11.5. The zero-order valence-corrected chi connectivity index (χ0v) is 19.3. The summed E-state index contributed by atoms with van der Waals surface area (Å²) in [5.74, 6) is 0.466. The van der Waals surface area contributed by atoms with E-state index in [1.165, 1.54) is 0 Å². The molecule has 1 saturated carbocycles. The van der Waals surface area contributed by atoms with Crippen LogP contribution >= 0.6 is 0 Å². The van der Waals surface area contributed by atoms with Crippen LogP contribution in [-0.2, 0) is 11.0 Å². The van der Waals surface area contributed by atoms with Crippen molar-refractivity contribution >= 4 is 22.8 Å². The van der Waals surface area contributed by atoms with E-state index < -0.39 is 17.6 Å². The summed E-state index contributed by atoms with van der Waals surface area (Å²) in [6.07, 6.45) is 3.28. The molecule has 1 aliphatic heterocycles. The van der Waals surface area contributed by atoms with Crippen molar-refractivity contribution in [2.75, 3.05) is 13.2 Å². The van der Waals surface area contributed by atoms with Crippen molar-refractivity contribution in [1.29, 1.82) is 0 Å². The minimum absolute atomic E-state index is 0.0438. The second-order valence-corrected chi connectivity index (χ2v) is 9.36. The third-order valence-corrected chi connectivity index (χ3v) is 6.58. The lowest BCUT2D eigenvalue weighted by molar-refractivity contribution is -0.137. The number of nitrogens with zero attached hydrogens (tertiary/aromatic N) is 3. The Kier molecular flexibility index (Phi) is 6.62. The Morgan fingerprint density at radius 1 is 1.29 bits per heavy atom. The molecule has 1 aliphatic carbocycles. The van der Waals surface area contributed by atoms with E-state index >= 15 is 0 Å². The number of alkyl halides is 3. The summed E-state index contributed by atoms with van der Waals surface area (Å²) in [5, 5.41) is 13.2. The first-order chi connectivity index (χ1) is 16.1. The van der Waals surface area contributed by atoms with Crippen molar-refractivity contribution in [3.05, 3.63) is 47.4 Å². The summed E-state index contributed by atoms with van der Waals surface area (Å²) >= 11 is 0. The number of amides is 1. The van der Waals surface area contributed by atoms with Crippen molar-refractivity contribution in [3.63, 3.8) is 0 Å². The zero-order valence-electron chi connectivity index (χ0n) is 19.3. The first-order valence-corrected chi connectivity index (χ1v) is 11.5. The van der Waals surface area contributed by atoms with E-state index in [4.69, 9.17) is 5.73 Å². The minimum Gasteiger partial charge on any atom is -0.396 e. The molecular formula is C24H30F3N5O2. The van der Waals surface area contributed by atoms with Crippen LogP contribution in [-0.4, -0.2) is 50.7 Å². The number of carbonyl (C=O) groups is 1. The second-order valence-electron chi connectivity index (χ2n) is 9.36. The highest BCUT2D eigenvalue weighted by Gasteiger charge is 2.34. The highest BCUT2D eigenvalue weighted by Crippen LogP contribution is 2.36. The van der Waals surface area contributed by atoms with Crippen LogP contribution in [0.5, 0.6) is 0 Å². The normalized spacial score (nSPS) is 21.9. The fourth-order valence-corrected chi connectivity index (χ4v) is 4.81. The smallest absolute Gasteiger partial charge is 0.396 e. The fourth-order valence-electron chi connectivity index (χ4n) is 4.81. The SMILES string of the molecule is CC(C)NC1=C(C(N)=O)CN(C2CCC(CO)CC2)C(n2ccc3cc(C(F)(F)F)cnc32)=C1. The van der Waals surface area contributed by atoms with Gasteiger partial charge in [-0.3, -0.25) is 9.36 Å². The molecule has 2 aromatic rings. The summed E-state index contributed by atoms with van der Waals surface area (Å²) in [6, 6.07) is 2.84. The van der Waals surface area contributed by atoms with Crippen LogP contribution in [0.2, 0.25) is 0 Å². The number of pyridine rings is 1. The molecule has 0 radical (unpaired) electrons. The maximum Gasteiger partial charge on any atom is 0.417 e. The van der Waals surface area contributed by atoms with Gasteiger partial charge in [-0.2, -0.15) is 13.2 Å². The fraction of sp³-hybridized carbons (Fsp3) is 0.500. The number of aromatic nitrogens is 2. The molecule has 7 nitrogen and oxygen atoms in total. The summed E-state index contributed by atoms with van der Waals surface area (Å²) < 4.78 is 41.3. The van der Waals surface area contributed by atoms with Gasteiger partial charge >= 0.3 is 6.18 Å². The van der Waals surface area contributed by atoms with Gasteiger partial charge in [0, 0.05) is 48.2 Å². The van der Waals surface area contributed by atoms with Crippen LogP contribution in [0.1, 0.15) is 45.1 Å². The predicted octanol–water partition coefficient (Wildman–Crippen LogP) is 3.46. The largest absolute Gasteiger partial charge is 0.417 e. The topological polar surface area (TPSA) is 96.4 Å². The molecule has 0 bridgehead atoms. The predicted molar refractivity (Wildman–Crippen MR) is 123 cm³/mol. The van der Waals surface area contributed by atoms with Gasteiger partial charge < -0.3 is 21.1 Å². The Labute approximate surface area is 196 Å². The van der Waals surface area contributed by atoms with Crippen molar-refractivity contribution in [2.45, 2.75) is 57.8 Å². The molecule has 3 heterocycles. The van der Waals surface area contributed by atoms with Gasteiger partial charge in [0.2, 0.25) is 5.91 Å². The Balaban J connectivity index is 1.80. The molecule has 2 aromatic heterocycles. The van der Waals surface area contributed by atoms with Gasteiger partial charge in [-0.25, -0.2) is 4.98 Å². The van der Waals surface area contributed by atoms with Gasteiger partial charge in [-0.05, 0) is 57.6 Å². The number of fused-ring (bicyclic) bond motifs is 1. The number of aliphatic hydroxyl groups is 1. The molecule has 0 aromatic carbocycles. The lowest BCUT2D eigenvalue weighted by Gasteiger charge is -2.42. The number of hydrogen-bond acceptors (Lipinski definition) is 5. The zero-order chi connectivity index (χ0) is 24.6. The van der Waals surface area contributed by atoms with Gasteiger partial charge in [0.1, 0.15) is 11.5 Å².